The molecule has 0 aromatic rings. The molecule has 0 saturated heterocycles. The van der Waals surface area contributed by atoms with E-state index in [0.717, 1.165) is 12.8 Å². The van der Waals surface area contributed by atoms with Crippen molar-refractivity contribution in [2.75, 3.05) is 0 Å². The number of carbonyl (C=O) groups excluding carboxylic acids is 1. The third-order valence-corrected chi connectivity index (χ3v) is 5.07. The number of carbonyl (C=O) groups is 1. The largest absolute Gasteiger partial charge is 0.550 e. The van der Waals surface area contributed by atoms with E-state index >= 15 is 0 Å². The van der Waals surface area contributed by atoms with Gasteiger partial charge in [0.15, 0.2) is 0 Å². The third kappa shape index (κ3) is 0.842. The van der Waals surface area contributed by atoms with E-state index in [-0.39, 0.29) is 16.7 Å². The highest BCUT2D eigenvalue weighted by molar-refractivity contribution is 5.70. The molecule has 4 atom stereocenters. The van der Waals surface area contributed by atoms with Crippen molar-refractivity contribution in [3.8, 4) is 0 Å². The molecule has 80 valence electrons. The van der Waals surface area contributed by atoms with Gasteiger partial charge in [0.1, 0.15) is 0 Å². The Labute approximate surface area is 84.1 Å². The smallest absolute Gasteiger partial charge is 0.0682 e. The van der Waals surface area contributed by atoms with Crippen LogP contribution in [0.2, 0.25) is 0 Å². The minimum atomic E-state index is -1.08. The first-order valence-electron chi connectivity index (χ1n) is 5.21. The maximum atomic E-state index is 11.0. The number of fused-ring (bicyclic) bond motifs is 2. The maximum absolute atomic E-state index is 11.0. The Hall–Kier alpha value is -0.570. The van der Waals surface area contributed by atoms with E-state index in [1.807, 2.05) is 6.92 Å². The molecule has 0 aliphatic heterocycles. The summed E-state index contributed by atoms with van der Waals surface area (Å²) in [7, 11) is 0. The van der Waals surface area contributed by atoms with Crippen LogP contribution in [-0.4, -0.2) is 17.2 Å². The fourth-order valence-electron chi connectivity index (χ4n) is 3.63. The quantitative estimate of drug-likeness (QED) is 0.652. The van der Waals surface area contributed by atoms with Gasteiger partial charge in [0.2, 0.25) is 0 Å². The first kappa shape index (κ1) is 9.97. The molecule has 3 heteroatoms. The molecular weight excluding hydrogens is 180 g/mol. The van der Waals surface area contributed by atoms with Crippen molar-refractivity contribution in [1.29, 1.82) is 0 Å². The van der Waals surface area contributed by atoms with Crippen molar-refractivity contribution < 1.29 is 15.0 Å². The Morgan fingerprint density at radius 2 is 2.00 bits per heavy atom. The summed E-state index contributed by atoms with van der Waals surface area (Å²) in [5.41, 5.74) is -0.334. The predicted molar refractivity (Wildman–Crippen MR) is 49.1 cm³/mol. The van der Waals surface area contributed by atoms with Gasteiger partial charge in [0.25, 0.3) is 0 Å². The number of hydrogen-bond acceptors (Lipinski definition) is 3. The average molecular weight is 197 g/mol. The van der Waals surface area contributed by atoms with Crippen LogP contribution in [0.5, 0.6) is 0 Å². The van der Waals surface area contributed by atoms with Crippen molar-refractivity contribution in [3.05, 3.63) is 0 Å². The summed E-state index contributed by atoms with van der Waals surface area (Å²) in [5.74, 6) is -1.67. The molecule has 3 nitrogen and oxygen atoms in total. The van der Waals surface area contributed by atoms with Crippen molar-refractivity contribution in [1.82, 2.24) is 0 Å². The number of aliphatic hydroxyl groups is 1. The van der Waals surface area contributed by atoms with Gasteiger partial charge in [0.05, 0.1) is 6.10 Å². The molecule has 2 rings (SSSR count). The Morgan fingerprint density at radius 3 is 2.29 bits per heavy atom. The molecule has 2 aliphatic carbocycles. The standard InChI is InChI=1S/C11H18O3/c1-10(2)6-4-5-11(10,3)8(12)7(6)9(13)14/h6-8,12H,4-5H2,1-3H3,(H,13,14)/p-1/t6-,7-,8-,11-/m1/s1. The summed E-state index contributed by atoms with van der Waals surface area (Å²) in [6.07, 6.45) is 1.09. The molecule has 0 spiro atoms. The van der Waals surface area contributed by atoms with E-state index in [9.17, 15) is 15.0 Å². The van der Waals surface area contributed by atoms with Gasteiger partial charge in [-0.25, -0.2) is 0 Å². The predicted octanol–water partition coefficient (Wildman–Crippen LogP) is 0.170. The van der Waals surface area contributed by atoms with Gasteiger partial charge in [-0.15, -0.1) is 0 Å². The highest BCUT2D eigenvalue weighted by Crippen LogP contribution is 2.67. The lowest BCUT2D eigenvalue weighted by molar-refractivity contribution is -0.316. The average Bonchev–Trinajstić information content (AvgIpc) is 2.35. The van der Waals surface area contributed by atoms with Gasteiger partial charge in [-0.1, -0.05) is 20.8 Å². The molecule has 2 saturated carbocycles. The summed E-state index contributed by atoms with van der Waals surface area (Å²) in [6, 6.07) is 0. The number of aliphatic carboxylic acids is 1. The van der Waals surface area contributed by atoms with Gasteiger partial charge in [-0.3, -0.25) is 0 Å². The van der Waals surface area contributed by atoms with Gasteiger partial charge < -0.3 is 15.0 Å². The van der Waals surface area contributed by atoms with Crippen molar-refractivity contribution in [2.24, 2.45) is 22.7 Å². The molecule has 0 aromatic carbocycles. The van der Waals surface area contributed by atoms with Crippen molar-refractivity contribution >= 4 is 5.97 Å². The van der Waals surface area contributed by atoms with Crippen LogP contribution in [0, 0.1) is 22.7 Å². The van der Waals surface area contributed by atoms with Crippen LogP contribution in [0.15, 0.2) is 0 Å². The third-order valence-electron chi connectivity index (χ3n) is 5.07. The molecular formula is C11H17O3-. The summed E-state index contributed by atoms with van der Waals surface area (Å²) < 4.78 is 0. The maximum Gasteiger partial charge on any atom is 0.0682 e. The summed E-state index contributed by atoms with van der Waals surface area (Å²) in [4.78, 5) is 11.0. The molecule has 2 fully saturated rings. The summed E-state index contributed by atoms with van der Waals surface area (Å²) in [5, 5.41) is 21.0. The van der Waals surface area contributed by atoms with Crippen LogP contribution in [0.1, 0.15) is 33.6 Å². The lowest BCUT2D eigenvalue weighted by Gasteiger charge is -2.37. The van der Waals surface area contributed by atoms with E-state index in [1.54, 1.807) is 0 Å². The Kier molecular flexibility index (Phi) is 1.79. The Balaban J connectivity index is 2.44. The zero-order valence-electron chi connectivity index (χ0n) is 8.91. The van der Waals surface area contributed by atoms with Crippen molar-refractivity contribution in [3.63, 3.8) is 0 Å². The van der Waals surface area contributed by atoms with Crippen LogP contribution in [-0.2, 0) is 4.79 Å². The number of carboxylic acids is 1. The minimum Gasteiger partial charge on any atom is -0.550 e. The normalized spacial score (nSPS) is 49.6. The van der Waals surface area contributed by atoms with Gasteiger partial charge >= 0.3 is 0 Å². The molecule has 0 heterocycles. The van der Waals surface area contributed by atoms with Crippen molar-refractivity contribution in [2.45, 2.75) is 39.7 Å². The van der Waals surface area contributed by atoms with Gasteiger partial charge in [-0.05, 0) is 29.6 Å². The van der Waals surface area contributed by atoms with Crippen LogP contribution >= 0.6 is 0 Å². The van der Waals surface area contributed by atoms with Crippen LogP contribution in [0.4, 0.5) is 0 Å². The van der Waals surface area contributed by atoms with E-state index in [1.165, 1.54) is 0 Å². The monoisotopic (exact) mass is 197 g/mol. The lowest BCUT2D eigenvalue weighted by atomic mass is 9.70. The van der Waals surface area contributed by atoms with Crippen LogP contribution in [0.3, 0.4) is 0 Å². The van der Waals surface area contributed by atoms with Gasteiger partial charge in [-0.2, -0.15) is 0 Å². The SMILES string of the molecule is CC1(C)[C@@H]2CC[C@]1(C)[C@H](O)[C@@H]2C(=O)[O-]. The molecule has 14 heavy (non-hydrogen) atoms. The Morgan fingerprint density at radius 1 is 1.43 bits per heavy atom. The number of hydrogen-bond donors (Lipinski definition) is 1. The molecule has 0 amide bonds. The highest BCUT2D eigenvalue weighted by atomic mass is 16.4. The zero-order valence-corrected chi connectivity index (χ0v) is 8.91. The Bertz CT molecular complexity index is 284. The van der Waals surface area contributed by atoms with E-state index in [4.69, 9.17) is 0 Å². The second-order valence-corrected chi connectivity index (χ2v) is 5.57. The molecule has 1 N–H and O–H groups in total. The number of rotatable bonds is 1. The van der Waals surface area contributed by atoms with Crippen LogP contribution < -0.4 is 5.11 Å². The molecule has 0 radical (unpaired) electrons. The first-order valence-corrected chi connectivity index (χ1v) is 5.21. The zero-order chi connectivity index (χ0) is 10.7. The van der Waals surface area contributed by atoms with E-state index < -0.39 is 18.0 Å². The summed E-state index contributed by atoms with van der Waals surface area (Å²) >= 11 is 0. The fourth-order valence-corrected chi connectivity index (χ4v) is 3.63. The van der Waals surface area contributed by atoms with E-state index in [2.05, 4.69) is 13.8 Å². The lowest BCUT2D eigenvalue weighted by Crippen LogP contribution is -2.44. The fraction of sp³-hybridized carbons (Fsp3) is 0.909. The van der Waals surface area contributed by atoms with Crippen LogP contribution in [0.25, 0.3) is 0 Å². The molecule has 2 bridgehead atoms. The topological polar surface area (TPSA) is 60.4 Å². The molecule has 0 unspecified atom stereocenters. The van der Waals surface area contributed by atoms with Gasteiger partial charge in [0, 0.05) is 11.9 Å². The minimum absolute atomic E-state index is 0.0764. The summed E-state index contributed by atoms with van der Waals surface area (Å²) in [6.45, 7) is 6.13. The first-order chi connectivity index (χ1) is 6.32. The van der Waals surface area contributed by atoms with E-state index in [0.29, 0.717) is 0 Å². The number of carboxylic acid groups (broad SMARTS) is 1. The molecule has 0 aromatic heterocycles. The second-order valence-electron chi connectivity index (χ2n) is 5.57. The molecule has 2 aliphatic rings. The highest BCUT2D eigenvalue weighted by Gasteiger charge is 2.66. The number of aliphatic hydroxyl groups excluding tert-OH is 1. The second kappa shape index (κ2) is 2.51.